The van der Waals surface area contributed by atoms with E-state index < -0.39 is 12.1 Å². The van der Waals surface area contributed by atoms with Gasteiger partial charge in [0.15, 0.2) is 0 Å². The molecule has 2 N–H and O–H groups in total. The number of hydrogen-bond acceptors (Lipinski definition) is 2. The predicted octanol–water partition coefficient (Wildman–Crippen LogP) is 6.82. The number of aliphatic hydroxyl groups excluding tert-OH is 1. The number of hydrogen-bond donors (Lipinski definition) is 2. The Morgan fingerprint density at radius 2 is 1.86 bits per heavy atom. The third kappa shape index (κ3) is 7.62. The fourth-order valence-corrected chi connectivity index (χ4v) is 5.28. The van der Waals surface area contributed by atoms with Crippen molar-refractivity contribution in [2.24, 2.45) is 5.92 Å². The van der Waals surface area contributed by atoms with Crippen LogP contribution in [-0.4, -0.2) is 26.9 Å². The SMILES string of the molecule is CCCCCC(O)c1ccc([C@@H]2[C@@H](CC=CCCCC(=O)O)[C@H](Cl)C[C@H]2Cl)cc1. The van der Waals surface area contributed by atoms with Gasteiger partial charge >= 0.3 is 5.97 Å². The second kappa shape index (κ2) is 12.6. The summed E-state index contributed by atoms with van der Waals surface area (Å²) in [7, 11) is 0. The van der Waals surface area contributed by atoms with E-state index in [1.54, 1.807) is 0 Å². The molecule has 5 atom stereocenters. The predicted molar refractivity (Wildman–Crippen MR) is 121 cm³/mol. The van der Waals surface area contributed by atoms with E-state index in [1.807, 2.05) is 12.1 Å². The highest BCUT2D eigenvalue weighted by atomic mass is 35.5. The van der Waals surface area contributed by atoms with Gasteiger partial charge in [-0.3, -0.25) is 4.79 Å². The maximum atomic E-state index is 10.6. The lowest BCUT2D eigenvalue weighted by atomic mass is 9.85. The Labute approximate surface area is 185 Å². The van der Waals surface area contributed by atoms with Crippen LogP contribution in [0.2, 0.25) is 0 Å². The topological polar surface area (TPSA) is 57.5 Å². The summed E-state index contributed by atoms with van der Waals surface area (Å²) >= 11 is 13.3. The third-order valence-electron chi connectivity index (χ3n) is 5.89. The lowest BCUT2D eigenvalue weighted by Gasteiger charge is -2.23. The maximum absolute atomic E-state index is 10.6. The first-order chi connectivity index (χ1) is 13.9. The second-order valence-electron chi connectivity index (χ2n) is 8.13. The summed E-state index contributed by atoms with van der Waals surface area (Å²) in [5.74, 6) is -0.302. The van der Waals surface area contributed by atoms with Gasteiger partial charge < -0.3 is 10.2 Å². The molecular weight excluding hydrogens is 407 g/mol. The summed E-state index contributed by atoms with van der Waals surface area (Å²) < 4.78 is 0. The van der Waals surface area contributed by atoms with Gasteiger partial charge in [0, 0.05) is 23.1 Å². The van der Waals surface area contributed by atoms with Crippen LogP contribution >= 0.6 is 23.2 Å². The molecule has 1 aliphatic carbocycles. The average molecular weight is 441 g/mol. The highest BCUT2D eigenvalue weighted by molar-refractivity contribution is 6.25. The number of alkyl halides is 2. The van der Waals surface area contributed by atoms with E-state index in [9.17, 15) is 9.90 Å². The molecule has 0 spiro atoms. The van der Waals surface area contributed by atoms with E-state index in [0.717, 1.165) is 50.5 Å². The summed E-state index contributed by atoms with van der Waals surface area (Å²) in [6.45, 7) is 2.16. The van der Waals surface area contributed by atoms with E-state index in [1.165, 1.54) is 5.56 Å². The van der Waals surface area contributed by atoms with Gasteiger partial charge in [0.1, 0.15) is 0 Å². The number of unbranched alkanes of at least 4 members (excludes halogenated alkanes) is 3. The molecule has 3 nitrogen and oxygen atoms in total. The van der Waals surface area contributed by atoms with E-state index in [4.69, 9.17) is 28.3 Å². The van der Waals surface area contributed by atoms with Crippen LogP contribution in [0.15, 0.2) is 36.4 Å². The van der Waals surface area contributed by atoms with Crippen molar-refractivity contribution in [3.63, 3.8) is 0 Å². The number of benzene rings is 1. The van der Waals surface area contributed by atoms with Gasteiger partial charge in [-0.05, 0) is 49.1 Å². The van der Waals surface area contributed by atoms with Crippen LogP contribution in [-0.2, 0) is 4.79 Å². The van der Waals surface area contributed by atoms with Crippen molar-refractivity contribution in [3.8, 4) is 0 Å². The zero-order valence-corrected chi connectivity index (χ0v) is 18.8. The van der Waals surface area contributed by atoms with Crippen molar-refractivity contribution < 1.29 is 15.0 Å². The van der Waals surface area contributed by atoms with Crippen LogP contribution < -0.4 is 0 Å². The minimum atomic E-state index is -0.751. The first-order valence-corrected chi connectivity index (χ1v) is 11.7. The van der Waals surface area contributed by atoms with Gasteiger partial charge in [0.05, 0.1) is 6.10 Å². The summed E-state index contributed by atoms with van der Waals surface area (Å²) in [5, 5.41) is 19.1. The number of carboxylic acids is 1. The Kier molecular flexibility index (Phi) is 10.5. The summed E-state index contributed by atoms with van der Waals surface area (Å²) in [6, 6.07) is 8.24. The molecule has 0 saturated heterocycles. The number of carbonyl (C=O) groups is 1. The monoisotopic (exact) mass is 440 g/mol. The molecule has 5 heteroatoms. The molecule has 29 heavy (non-hydrogen) atoms. The fourth-order valence-electron chi connectivity index (χ4n) is 4.22. The Bertz CT molecular complexity index is 644. The Morgan fingerprint density at radius 3 is 2.52 bits per heavy atom. The average Bonchev–Trinajstić information content (AvgIpc) is 2.97. The van der Waals surface area contributed by atoms with Crippen molar-refractivity contribution in [3.05, 3.63) is 47.5 Å². The smallest absolute Gasteiger partial charge is 0.303 e. The second-order valence-corrected chi connectivity index (χ2v) is 9.25. The molecular formula is C24H34Cl2O3. The standard InChI is InChI=1S/C24H34Cl2O3/c1-2-3-6-10-22(27)17-12-14-18(15-13-17)24-19(20(25)16-21(24)26)9-7-4-5-8-11-23(28)29/h4,7,12-15,19-22,24,27H,2-3,5-6,8-11,16H2,1H3,(H,28,29)/t19-,20+,21+,22?,24+/m0/s1. The van der Waals surface area contributed by atoms with E-state index in [-0.39, 0.29) is 29.0 Å². The number of carboxylic acid groups (broad SMARTS) is 1. The van der Waals surface area contributed by atoms with E-state index in [0.29, 0.717) is 6.42 Å². The molecule has 0 amide bonds. The Morgan fingerprint density at radius 1 is 1.14 bits per heavy atom. The lowest BCUT2D eigenvalue weighted by Crippen LogP contribution is -2.16. The molecule has 1 fully saturated rings. The molecule has 1 aromatic rings. The number of allylic oxidation sites excluding steroid dienone is 2. The summed E-state index contributed by atoms with van der Waals surface area (Å²) in [4.78, 5) is 10.6. The largest absolute Gasteiger partial charge is 0.481 e. The van der Waals surface area contributed by atoms with Gasteiger partial charge in [-0.2, -0.15) is 0 Å². The molecule has 0 aliphatic heterocycles. The van der Waals surface area contributed by atoms with Crippen LogP contribution in [0.3, 0.4) is 0 Å². The van der Waals surface area contributed by atoms with Crippen molar-refractivity contribution in [1.29, 1.82) is 0 Å². The lowest BCUT2D eigenvalue weighted by molar-refractivity contribution is -0.137. The molecule has 1 unspecified atom stereocenters. The molecule has 0 radical (unpaired) electrons. The highest BCUT2D eigenvalue weighted by Gasteiger charge is 2.41. The van der Waals surface area contributed by atoms with Gasteiger partial charge in [-0.15, -0.1) is 23.2 Å². The van der Waals surface area contributed by atoms with Crippen LogP contribution in [0.4, 0.5) is 0 Å². The minimum Gasteiger partial charge on any atom is -0.481 e. The molecule has 0 aromatic heterocycles. The highest BCUT2D eigenvalue weighted by Crippen LogP contribution is 2.47. The minimum absolute atomic E-state index is 0.00300. The van der Waals surface area contributed by atoms with Crippen LogP contribution in [0.1, 0.15) is 87.9 Å². The third-order valence-corrected chi connectivity index (χ3v) is 6.84. The molecule has 0 heterocycles. The van der Waals surface area contributed by atoms with Crippen LogP contribution in [0, 0.1) is 5.92 Å². The first-order valence-electron chi connectivity index (χ1n) is 10.9. The van der Waals surface area contributed by atoms with Crippen molar-refractivity contribution >= 4 is 29.2 Å². The summed E-state index contributed by atoms with van der Waals surface area (Å²) in [6.07, 6.45) is 11.2. The zero-order chi connectivity index (χ0) is 21.2. The normalized spacial score (nSPS) is 25.5. The number of halogens is 2. The van der Waals surface area contributed by atoms with Gasteiger partial charge in [0.25, 0.3) is 0 Å². The van der Waals surface area contributed by atoms with Crippen LogP contribution in [0.25, 0.3) is 0 Å². The first kappa shape index (κ1) is 24.2. The number of rotatable bonds is 12. The quantitative estimate of drug-likeness (QED) is 0.213. The van der Waals surface area contributed by atoms with Gasteiger partial charge in [-0.1, -0.05) is 62.6 Å². The van der Waals surface area contributed by atoms with E-state index >= 15 is 0 Å². The number of aliphatic hydroxyl groups is 1. The maximum Gasteiger partial charge on any atom is 0.303 e. The molecule has 1 aromatic carbocycles. The van der Waals surface area contributed by atoms with Crippen molar-refractivity contribution in [2.45, 2.75) is 87.5 Å². The van der Waals surface area contributed by atoms with Crippen molar-refractivity contribution in [1.82, 2.24) is 0 Å². The van der Waals surface area contributed by atoms with E-state index in [2.05, 4.69) is 31.2 Å². The van der Waals surface area contributed by atoms with Gasteiger partial charge in [0.2, 0.25) is 0 Å². The Balaban J connectivity index is 1.96. The van der Waals surface area contributed by atoms with Crippen LogP contribution in [0.5, 0.6) is 0 Å². The molecule has 2 rings (SSSR count). The fraction of sp³-hybridized carbons (Fsp3) is 0.625. The molecule has 0 bridgehead atoms. The Hall–Kier alpha value is -1.03. The van der Waals surface area contributed by atoms with Gasteiger partial charge in [-0.25, -0.2) is 0 Å². The molecule has 1 aliphatic rings. The molecule has 1 saturated carbocycles. The molecule has 162 valence electrons. The number of aliphatic carboxylic acids is 1. The summed E-state index contributed by atoms with van der Waals surface area (Å²) in [5.41, 5.74) is 2.15. The van der Waals surface area contributed by atoms with Crippen molar-refractivity contribution in [2.75, 3.05) is 0 Å². The zero-order valence-electron chi connectivity index (χ0n) is 17.3.